The van der Waals surface area contributed by atoms with Crippen LogP contribution < -0.4 is 10.6 Å². The van der Waals surface area contributed by atoms with Gasteiger partial charge in [0.25, 0.3) is 11.6 Å². The maximum Gasteiger partial charge on any atom is 0.288 e. The fourth-order valence-corrected chi connectivity index (χ4v) is 1.52. The SMILES string of the molecule is CNc1ncc([N+](=O)[O-])cc1C(=O)NCc1ccon1. The van der Waals surface area contributed by atoms with Crippen molar-refractivity contribution in [2.45, 2.75) is 6.54 Å². The van der Waals surface area contributed by atoms with Crippen LogP contribution in [0.15, 0.2) is 29.1 Å². The van der Waals surface area contributed by atoms with Crippen LogP contribution in [0, 0.1) is 10.1 Å². The van der Waals surface area contributed by atoms with Gasteiger partial charge in [-0.1, -0.05) is 5.16 Å². The van der Waals surface area contributed by atoms with Crippen molar-refractivity contribution in [1.82, 2.24) is 15.5 Å². The van der Waals surface area contributed by atoms with Crippen molar-refractivity contribution < 1.29 is 14.2 Å². The first-order valence-electron chi connectivity index (χ1n) is 5.61. The first-order chi connectivity index (χ1) is 9.61. The summed E-state index contributed by atoms with van der Waals surface area (Å²) in [5.41, 5.74) is 0.378. The Hall–Kier alpha value is -2.97. The van der Waals surface area contributed by atoms with Crippen LogP contribution in [0.3, 0.4) is 0 Å². The summed E-state index contributed by atoms with van der Waals surface area (Å²) in [5.74, 6) is -0.234. The fourth-order valence-electron chi connectivity index (χ4n) is 1.52. The molecule has 0 fully saturated rings. The third kappa shape index (κ3) is 2.88. The molecule has 2 rings (SSSR count). The second-order valence-electron chi connectivity index (χ2n) is 3.77. The van der Waals surface area contributed by atoms with Gasteiger partial charge in [-0.15, -0.1) is 0 Å². The highest BCUT2D eigenvalue weighted by atomic mass is 16.6. The van der Waals surface area contributed by atoms with E-state index in [4.69, 9.17) is 0 Å². The second kappa shape index (κ2) is 5.78. The largest absolute Gasteiger partial charge is 0.372 e. The quantitative estimate of drug-likeness (QED) is 0.615. The molecule has 0 spiro atoms. The van der Waals surface area contributed by atoms with Crippen molar-refractivity contribution in [3.63, 3.8) is 0 Å². The van der Waals surface area contributed by atoms with Gasteiger partial charge in [-0.2, -0.15) is 0 Å². The van der Waals surface area contributed by atoms with E-state index in [1.807, 2.05) is 0 Å². The molecular weight excluding hydrogens is 266 g/mol. The Morgan fingerprint density at radius 3 is 2.95 bits per heavy atom. The molecule has 0 saturated heterocycles. The van der Waals surface area contributed by atoms with Crippen LogP contribution in [0.4, 0.5) is 11.5 Å². The number of carbonyl (C=O) groups excluding carboxylic acids is 1. The molecule has 9 nitrogen and oxygen atoms in total. The summed E-state index contributed by atoms with van der Waals surface area (Å²) >= 11 is 0. The number of rotatable bonds is 5. The van der Waals surface area contributed by atoms with Gasteiger partial charge in [0, 0.05) is 19.2 Å². The molecule has 0 aliphatic rings. The number of nitrogens with one attached hydrogen (secondary N) is 2. The molecule has 2 heterocycles. The van der Waals surface area contributed by atoms with E-state index in [-0.39, 0.29) is 23.6 Å². The number of amides is 1. The number of aromatic nitrogens is 2. The molecule has 0 unspecified atom stereocenters. The number of hydrogen-bond acceptors (Lipinski definition) is 7. The predicted octanol–water partition coefficient (Wildman–Crippen LogP) is 0.949. The predicted molar refractivity (Wildman–Crippen MR) is 68.1 cm³/mol. The van der Waals surface area contributed by atoms with E-state index in [1.54, 1.807) is 13.1 Å². The van der Waals surface area contributed by atoms with Gasteiger partial charge in [-0.05, 0) is 0 Å². The summed E-state index contributed by atoms with van der Waals surface area (Å²) in [6.07, 6.45) is 2.47. The maximum atomic E-state index is 12.0. The summed E-state index contributed by atoms with van der Waals surface area (Å²) in [6, 6.07) is 2.77. The smallest absolute Gasteiger partial charge is 0.288 e. The molecule has 0 aromatic carbocycles. The number of anilines is 1. The van der Waals surface area contributed by atoms with Gasteiger partial charge in [-0.25, -0.2) is 4.98 Å². The molecule has 0 radical (unpaired) electrons. The molecule has 9 heteroatoms. The molecular formula is C11H11N5O4. The Balaban J connectivity index is 2.18. The third-order valence-electron chi connectivity index (χ3n) is 2.49. The van der Waals surface area contributed by atoms with Crippen molar-refractivity contribution >= 4 is 17.4 Å². The van der Waals surface area contributed by atoms with Crippen LogP contribution in [0.1, 0.15) is 16.1 Å². The summed E-state index contributed by atoms with van der Waals surface area (Å²) in [5, 5.41) is 19.6. The lowest BCUT2D eigenvalue weighted by atomic mass is 10.2. The summed E-state index contributed by atoms with van der Waals surface area (Å²) in [4.78, 5) is 26.0. The number of hydrogen-bond donors (Lipinski definition) is 2. The Morgan fingerprint density at radius 2 is 2.35 bits per heavy atom. The Morgan fingerprint density at radius 1 is 1.55 bits per heavy atom. The molecule has 1 amide bonds. The maximum absolute atomic E-state index is 12.0. The zero-order valence-electron chi connectivity index (χ0n) is 10.5. The zero-order valence-corrected chi connectivity index (χ0v) is 10.5. The van der Waals surface area contributed by atoms with Crippen molar-refractivity contribution in [1.29, 1.82) is 0 Å². The van der Waals surface area contributed by atoms with Crippen LogP contribution in [0.25, 0.3) is 0 Å². The van der Waals surface area contributed by atoms with Gasteiger partial charge < -0.3 is 15.2 Å². The lowest BCUT2D eigenvalue weighted by Crippen LogP contribution is -2.24. The molecule has 2 aromatic rings. The van der Waals surface area contributed by atoms with Crippen molar-refractivity contribution in [2.75, 3.05) is 12.4 Å². The average Bonchev–Trinajstić information content (AvgIpc) is 2.97. The molecule has 2 aromatic heterocycles. The molecule has 0 aliphatic heterocycles. The molecule has 0 saturated carbocycles. The Labute approximate surface area is 113 Å². The first kappa shape index (κ1) is 13.5. The van der Waals surface area contributed by atoms with Gasteiger partial charge in [0.05, 0.1) is 17.0 Å². The normalized spacial score (nSPS) is 10.1. The number of nitro groups is 1. The van der Waals surface area contributed by atoms with E-state index in [2.05, 4.69) is 25.3 Å². The van der Waals surface area contributed by atoms with E-state index in [9.17, 15) is 14.9 Å². The molecule has 2 N–H and O–H groups in total. The molecule has 0 bridgehead atoms. The minimum Gasteiger partial charge on any atom is -0.372 e. The van der Waals surface area contributed by atoms with E-state index in [1.165, 1.54) is 6.26 Å². The highest BCUT2D eigenvalue weighted by Crippen LogP contribution is 2.18. The summed E-state index contributed by atoms with van der Waals surface area (Å²) < 4.78 is 4.63. The van der Waals surface area contributed by atoms with Crippen molar-refractivity contribution in [2.24, 2.45) is 0 Å². The summed E-state index contributed by atoms with van der Waals surface area (Å²) in [6.45, 7) is 0.154. The number of nitrogens with zero attached hydrogens (tertiary/aromatic N) is 3. The number of pyridine rings is 1. The average molecular weight is 277 g/mol. The highest BCUT2D eigenvalue weighted by molar-refractivity contribution is 5.99. The van der Waals surface area contributed by atoms with Gasteiger partial charge in [0.1, 0.15) is 24.0 Å². The van der Waals surface area contributed by atoms with Gasteiger partial charge in [-0.3, -0.25) is 14.9 Å². The molecule has 0 aliphatic carbocycles. The van der Waals surface area contributed by atoms with Crippen LogP contribution in [-0.4, -0.2) is 28.0 Å². The monoisotopic (exact) mass is 277 g/mol. The van der Waals surface area contributed by atoms with Crippen LogP contribution in [0.5, 0.6) is 0 Å². The lowest BCUT2D eigenvalue weighted by Gasteiger charge is -2.07. The first-order valence-corrected chi connectivity index (χ1v) is 5.61. The highest BCUT2D eigenvalue weighted by Gasteiger charge is 2.17. The van der Waals surface area contributed by atoms with E-state index in [0.717, 1.165) is 12.3 Å². The lowest BCUT2D eigenvalue weighted by molar-refractivity contribution is -0.385. The molecule has 20 heavy (non-hydrogen) atoms. The third-order valence-corrected chi connectivity index (χ3v) is 2.49. The van der Waals surface area contributed by atoms with Gasteiger partial charge in [0.2, 0.25) is 0 Å². The Bertz CT molecular complexity index is 626. The number of carbonyl (C=O) groups is 1. The summed E-state index contributed by atoms with van der Waals surface area (Å²) in [7, 11) is 1.57. The second-order valence-corrected chi connectivity index (χ2v) is 3.77. The van der Waals surface area contributed by atoms with Crippen molar-refractivity contribution in [3.05, 3.63) is 46.0 Å². The van der Waals surface area contributed by atoms with E-state index in [0.29, 0.717) is 5.69 Å². The fraction of sp³-hybridized carbons (Fsp3) is 0.182. The van der Waals surface area contributed by atoms with Crippen LogP contribution in [0.2, 0.25) is 0 Å². The van der Waals surface area contributed by atoms with E-state index < -0.39 is 10.8 Å². The standard InChI is InChI=1S/C11H11N5O4/c1-12-10-9(4-8(6-13-10)16(18)19)11(17)14-5-7-2-3-20-15-7/h2-4,6H,5H2,1H3,(H,12,13)(H,14,17). The molecule has 0 atom stereocenters. The topological polar surface area (TPSA) is 123 Å². The van der Waals surface area contributed by atoms with Crippen molar-refractivity contribution in [3.8, 4) is 0 Å². The van der Waals surface area contributed by atoms with Gasteiger partial charge in [0.15, 0.2) is 0 Å². The molecule has 104 valence electrons. The minimum absolute atomic E-state index is 0.0881. The zero-order chi connectivity index (χ0) is 14.5. The van der Waals surface area contributed by atoms with E-state index >= 15 is 0 Å². The van der Waals surface area contributed by atoms with Gasteiger partial charge >= 0.3 is 0 Å². The van der Waals surface area contributed by atoms with Crippen LogP contribution in [-0.2, 0) is 6.54 Å². The Kier molecular flexibility index (Phi) is 3.89. The van der Waals surface area contributed by atoms with Crippen LogP contribution >= 0.6 is 0 Å². The minimum atomic E-state index is -0.610.